The second kappa shape index (κ2) is 9.77. The number of hydrogen-bond donors (Lipinski definition) is 0. The molecule has 0 unspecified atom stereocenters. The van der Waals surface area contributed by atoms with Crippen LogP contribution in [0.4, 0.5) is 0 Å². The van der Waals surface area contributed by atoms with Crippen molar-refractivity contribution in [2.24, 2.45) is 5.92 Å². The molecule has 1 fully saturated rings. The van der Waals surface area contributed by atoms with E-state index in [-0.39, 0.29) is 11.8 Å². The SMILES string of the molecule is CC(C)C(=O)N1CCN(C[PH](c2ccccc2)(c2ccccc2)c2ccccc2)CC1. The third-order valence-corrected chi connectivity index (χ3v) is 11.3. The Bertz CT molecular complexity index is 871. The molecule has 4 heteroatoms. The molecule has 1 heterocycles. The Hall–Kier alpha value is -2.48. The molecule has 1 aliphatic heterocycles. The van der Waals surface area contributed by atoms with Crippen molar-refractivity contribution in [3.8, 4) is 0 Å². The molecule has 162 valence electrons. The number of piperazine rings is 1. The fourth-order valence-electron chi connectivity index (χ4n) is 4.77. The summed E-state index contributed by atoms with van der Waals surface area (Å²) in [6.07, 6.45) is 1.02. The minimum atomic E-state index is -2.26. The van der Waals surface area contributed by atoms with Gasteiger partial charge < -0.3 is 0 Å². The number of rotatable bonds is 6. The van der Waals surface area contributed by atoms with Gasteiger partial charge in [0.15, 0.2) is 0 Å². The first kappa shape index (κ1) is 21.7. The Kier molecular flexibility index (Phi) is 6.85. The van der Waals surface area contributed by atoms with Gasteiger partial charge in [-0.1, -0.05) is 0 Å². The Labute approximate surface area is 187 Å². The van der Waals surface area contributed by atoms with E-state index in [1.54, 1.807) is 0 Å². The summed E-state index contributed by atoms with van der Waals surface area (Å²) in [5, 5.41) is 4.31. The van der Waals surface area contributed by atoms with Crippen LogP contribution in [-0.2, 0) is 4.79 Å². The average Bonchev–Trinajstić information content (AvgIpc) is 2.84. The molecule has 1 amide bonds. The third-order valence-electron chi connectivity index (χ3n) is 6.44. The summed E-state index contributed by atoms with van der Waals surface area (Å²) in [4.78, 5) is 17.1. The summed E-state index contributed by atoms with van der Waals surface area (Å²) in [6.45, 7) is 7.48. The van der Waals surface area contributed by atoms with Crippen molar-refractivity contribution in [2.75, 3.05) is 32.5 Å². The van der Waals surface area contributed by atoms with Crippen molar-refractivity contribution in [3.05, 3.63) is 91.0 Å². The van der Waals surface area contributed by atoms with Crippen molar-refractivity contribution in [3.63, 3.8) is 0 Å². The number of carbonyl (C=O) groups excluding carboxylic acids is 1. The topological polar surface area (TPSA) is 23.6 Å². The van der Waals surface area contributed by atoms with E-state index in [2.05, 4.69) is 95.9 Å². The molecule has 0 radical (unpaired) electrons. The summed E-state index contributed by atoms with van der Waals surface area (Å²) in [6, 6.07) is 33.2. The number of carbonyl (C=O) groups is 1. The van der Waals surface area contributed by atoms with Crippen LogP contribution in [-0.4, -0.2) is 48.2 Å². The summed E-state index contributed by atoms with van der Waals surface area (Å²) >= 11 is 0. The first-order chi connectivity index (χ1) is 15.1. The van der Waals surface area contributed by atoms with Crippen LogP contribution in [0.25, 0.3) is 0 Å². The molecule has 0 spiro atoms. The van der Waals surface area contributed by atoms with Crippen molar-refractivity contribution in [2.45, 2.75) is 13.8 Å². The van der Waals surface area contributed by atoms with Crippen LogP contribution < -0.4 is 15.9 Å². The number of benzene rings is 3. The molecule has 0 aromatic heterocycles. The van der Waals surface area contributed by atoms with Gasteiger partial charge in [0.25, 0.3) is 0 Å². The second-order valence-corrected chi connectivity index (χ2v) is 12.6. The molecule has 0 bridgehead atoms. The molecule has 3 aromatic carbocycles. The van der Waals surface area contributed by atoms with Gasteiger partial charge >= 0.3 is 187 Å². The fourth-order valence-corrected chi connectivity index (χ4v) is 9.59. The molecular formula is C27H33N2OP. The standard InChI is InChI=1S/C27H33N2OP/c1-23(2)27(30)29-20-18-28(19-21-29)22-31(24-12-6-3-7-13-24,25-14-8-4-9-15-25)26-16-10-5-11-17-26/h3-17,23,31H,18-22H2,1-2H3. The van der Waals surface area contributed by atoms with E-state index in [4.69, 9.17) is 0 Å². The average molecular weight is 433 g/mol. The van der Waals surface area contributed by atoms with Gasteiger partial charge in [-0.25, -0.2) is 0 Å². The Morgan fingerprint density at radius 2 is 1.10 bits per heavy atom. The van der Waals surface area contributed by atoms with E-state index in [1.165, 1.54) is 15.9 Å². The van der Waals surface area contributed by atoms with Crippen molar-refractivity contribution in [1.29, 1.82) is 0 Å². The van der Waals surface area contributed by atoms with Crippen LogP contribution in [0.1, 0.15) is 13.8 Å². The van der Waals surface area contributed by atoms with Gasteiger partial charge in [-0.05, 0) is 0 Å². The Morgan fingerprint density at radius 1 is 0.710 bits per heavy atom. The van der Waals surface area contributed by atoms with E-state index in [0.29, 0.717) is 0 Å². The number of hydrogen-bond acceptors (Lipinski definition) is 2. The normalized spacial score (nSPS) is 15.8. The van der Waals surface area contributed by atoms with Gasteiger partial charge in [0, 0.05) is 0 Å². The fraction of sp³-hybridized carbons (Fsp3) is 0.296. The Morgan fingerprint density at radius 3 is 1.45 bits per heavy atom. The van der Waals surface area contributed by atoms with Gasteiger partial charge in [-0.3, -0.25) is 0 Å². The summed E-state index contributed by atoms with van der Waals surface area (Å²) in [7, 11) is -2.26. The van der Waals surface area contributed by atoms with Crippen molar-refractivity contribution < 1.29 is 4.79 Å². The molecule has 4 rings (SSSR count). The summed E-state index contributed by atoms with van der Waals surface area (Å²) in [5.74, 6) is 0.343. The van der Waals surface area contributed by atoms with E-state index >= 15 is 0 Å². The maximum absolute atomic E-state index is 12.5. The maximum atomic E-state index is 12.5. The van der Waals surface area contributed by atoms with Gasteiger partial charge in [0.2, 0.25) is 0 Å². The molecule has 1 aliphatic rings. The molecule has 31 heavy (non-hydrogen) atoms. The third kappa shape index (κ3) is 4.59. The second-order valence-electron chi connectivity index (χ2n) is 8.76. The molecular weight excluding hydrogens is 399 g/mol. The zero-order chi connectivity index (χ0) is 21.7. The van der Waals surface area contributed by atoms with Gasteiger partial charge in [-0.2, -0.15) is 0 Å². The number of nitrogens with zero attached hydrogens (tertiary/aromatic N) is 2. The van der Waals surface area contributed by atoms with E-state index in [0.717, 1.165) is 32.5 Å². The molecule has 3 nitrogen and oxygen atoms in total. The van der Waals surface area contributed by atoms with Crippen molar-refractivity contribution >= 4 is 29.1 Å². The van der Waals surface area contributed by atoms with E-state index < -0.39 is 7.26 Å². The van der Waals surface area contributed by atoms with E-state index in [9.17, 15) is 4.79 Å². The predicted octanol–water partition coefficient (Wildman–Crippen LogP) is 3.47. The predicted molar refractivity (Wildman–Crippen MR) is 134 cm³/mol. The van der Waals surface area contributed by atoms with Gasteiger partial charge in [-0.15, -0.1) is 0 Å². The van der Waals surface area contributed by atoms with Gasteiger partial charge in [0.1, 0.15) is 0 Å². The van der Waals surface area contributed by atoms with Crippen LogP contribution in [0.2, 0.25) is 0 Å². The van der Waals surface area contributed by atoms with Crippen LogP contribution in [0.5, 0.6) is 0 Å². The zero-order valence-electron chi connectivity index (χ0n) is 18.6. The van der Waals surface area contributed by atoms with Crippen LogP contribution in [0.3, 0.4) is 0 Å². The van der Waals surface area contributed by atoms with Crippen LogP contribution >= 0.6 is 7.26 Å². The molecule has 3 aromatic rings. The van der Waals surface area contributed by atoms with E-state index in [1.807, 2.05) is 18.7 Å². The van der Waals surface area contributed by atoms with Crippen molar-refractivity contribution in [1.82, 2.24) is 9.80 Å². The summed E-state index contributed by atoms with van der Waals surface area (Å²) < 4.78 is 0. The molecule has 1 saturated heterocycles. The number of amides is 1. The quantitative estimate of drug-likeness (QED) is 0.557. The van der Waals surface area contributed by atoms with Crippen LogP contribution in [0.15, 0.2) is 91.0 Å². The zero-order valence-corrected chi connectivity index (χ0v) is 19.6. The first-order valence-electron chi connectivity index (χ1n) is 11.3. The summed E-state index contributed by atoms with van der Waals surface area (Å²) in [5.41, 5.74) is 0. The molecule has 0 atom stereocenters. The molecule has 0 aliphatic carbocycles. The van der Waals surface area contributed by atoms with Crippen LogP contribution in [0, 0.1) is 5.92 Å². The first-order valence-corrected chi connectivity index (χ1v) is 13.5. The van der Waals surface area contributed by atoms with Gasteiger partial charge in [0.05, 0.1) is 0 Å². The Balaban J connectivity index is 1.73. The minimum absolute atomic E-state index is 0.0676. The molecule has 0 saturated carbocycles. The monoisotopic (exact) mass is 432 g/mol. The molecule has 0 N–H and O–H groups in total.